The van der Waals surface area contributed by atoms with Crippen LogP contribution >= 0.6 is 0 Å². The van der Waals surface area contributed by atoms with Crippen molar-refractivity contribution in [3.63, 3.8) is 0 Å². The van der Waals surface area contributed by atoms with Crippen LogP contribution in [0.3, 0.4) is 0 Å². The molecular weight excluding hydrogens is 706 g/mol. The van der Waals surface area contributed by atoms with E-state index in [0.717, 1.165) is 5.56 Å². The first-order valence-electron chi connectivity index (χ1n) is 17.9. The maximum atomic E-state index is 13.7. The Morgan fingerprint density at radius 3 is 2.44 bits per heavy atom. The summed E-state index contributed by atoms with van der Waals surface area (Å²) in [5.41, 5.74) is 1.99. The number of carbonyl (C=O) groups is 5. The van der Waals surface area contributed by atoms with Crippen molar-refractivity contribution in [1.29, 1.82) is 0 Å². The first-order chi connectivity index (χ1) is 26.6. The maximum Gasteiger partial charge on any atom is 0.274 e. The molecule has 3 aromatic carbocycles. The van der Waals surface area contributed by atoms with Gasteiger partial charge in [0.1, 0.15) is 29.3 Å². The molecule has 4 bridgehead atoms. The zero-order chi connectivity index (χ0) is 39.2. The number of aryl methyl sites for hydroxylation is 1. The monoisotopic (exact) mass is 751 g/mol. The third kappa shape index (κ3) is 11.2. The van der Waals surface area contributed by atoms with Gasteiger partial charge in [-0.2, -0.15) is 0 Å². The van der Waals surface area contributed by atoms with Crippen LogP contribution in [0.1, 0.15) is 58.2 Å². The van der Waals surface area contributed by atoms with Crippen molar-refractivity contribution in [2.45, 2.75) is 51.2 Å². The molecule has 2 atom stereocenters. The van der Waals surface area contributed by atoms with E-state index in [0.29, 0.717) is 53.4 Å². The van der Waals surface area contributed by atoms with Gasteiger partial charge in [0.15, 0.2) is 11.5 Å². The number of carbonyl (C=O) groups excluding carboxylic acids is 5. The van der Waals surface area contributed by atoms with Crippen molar-refractivity contribution in [1.82, 2.24) is 36.1 Å². The number of nitrogens with one attached hydrogen (secondary N) is 4. The van der Waals surface area contributed by atoms with Gasteiger partial charge in [0.25, 0.3) is 11.8 Å². The molecular formula is C40H45N7O8. The predicted molar refractivity (Wildman–Crippen MR) is 202 cm³/mol. The van der Waals surface area contributed by atoms with E-state index in [4.69, 9.17) is 14.2 Å². The smallest absolute Gasteiger partial charge is 0.274 e. The highest BCUT2D eigenvalue weighted by Crippen LogP contribution is 2.35. The summed E-state index contributed by atoms with van der Waals surface area (Å²) in [5.74, 6) is -0.922. The second-order valence-electron chi connectivity index (χ2n) is 12.8. The molecule has 0 radical (unpaired) electrons. The molecule has 15 heteroatoms. The Labute approximate surface area is 319 Å². The molecule has 0 saturated carbocycles. The average Bonchev–Trinajstić information content (AvgIpc) is 3.20. The SMILES string of the molecule is COc1cc2ccc1CNC(=O)[C@H](C)NC(=O)[C@H](CCc1ccccc1)NC(=O)CN(C(=O)c1cnccn1)CCCCNC(=O)c1ccc(OC)c(c1)O2. The Morgan fingerprint density at radius 1 is 0.891 bits per heavy atom. The van der Waals surface area contributed by atoms with Crippen LogP contribution in [0.4, 0.5) is 0 Å². The van der Waals surface area contributed by atoms with Gasteiger partial charge in [-0.15, -0.1) is 0 Å². The van der Waals surface area contributed by atoms with Crippen molar-refractivity contribution in [2.75, 3.05) is 33.9 Å². The topological polar surface area (TPSA) is 190 Å². The summed E-state index contributed by atoms with van der Waals surface area (Å²) in [4.78, 5) is 76.6. The fourth-order valence-electron chi connectivity index (χ4n) is 5.87. The van der Waals surface area contributed by atoms with E-state index in [2.05, 4.69) is 31.2 Å². The minimum Gasteiger partial charge on any atom is -0.496 e. The molecule has 1 aromatic heterocycles. The van der Waals surface area contributed by atoms with Crippen LogP contribution in [0, 0.1) is 0 Å². The molecule has 0 saturated heterocycles. The zero-order valence-electron chi connectivity index (χ0n) is 31.0. The van der Waals surface area contributed by atoms with E-state index in [-0.39, 0.29) is 44.2 Å². The van der Waals surface area contributed by atoms with E-state index >= 15 is 0 Å². The van der Waals surface area contributed by atoms with Gasteiger partial charge in [0.2, 0.25) is 17.7 Å². The van der Waals surface area contributed by atoms with Gasteiger partial charge < -0.3 is 40.4 Å². The maximum absolute atomic E-state index is 13.7. The molecule has 0 fully saturated rings. The number of hydrogen-bond acceptors (Lipinski definition) is 10. The minimum absolute atomic E-state index is 0.0519. The van der Waals surface area contributed by atoms with Gasteiger partial charge in [-0.1, -0.05) is 30.3 Å². The molecule has 3 heterocycles. The summed E-state index contributed by atoms with van der Waals surface area (Å²) >= 11 is 0. The van der Waals surface area contributed by atoms with Crippen molar-refractivity contribution in [2.24, 2.45) is 0 Å². The molecule has 55 heavy (non-hydrogen) atoms. The molecule has 0 spiro atoms. The van der Waals surface area contributed by atoms with Crippen LogP contribution in [-0.2, 0) is 27.3 Å². The molecule has 4 aromatic rings. The summed E-state index contributed by atoms with van der Waals surface area (Å²) in [6.07, 6.45) is 5.73. The fraction of sp³-hybridized carbons (Fsp3) is 0.325. The Balaban J connectivity index is 1.40. The third-order valence-corrected chi connectivity index (χ3v) is 8.88. The van der Waals surface area contributed by atoms with Crippen LogP contribution < -0.4 is 35.5 Å². The van der Waals surface area contributed by atoms with Crippen molar-refractivity contribution in [3.8, 4) is 23.0 Å². The number of hydrogen-bond donors (Lipinski definition) is 4. The lowest BCUT2D eigenvalue weighted by molar-refractivity contribution is -0.132. The van der Waals surface area contributed by atoms with Gasteiger partial charge in [-0.3, -0.25) is 29.0 Å². The molecule has 4 N–H and O–H groups in total. The molecule has 5 amide bonds. The highest BCUT2D eigenvalue weighted by atomic mass is 16.5. The number of rotatable bonds is 6. The lowest BCUT2D eigenvalue weighted by Crippen LogP contribution is -2.54. The highest BCUT2D eigenvalue weighted by molar-refractivity contribution is 5.96. The first kappa shape index (κ1) is 39.7. The van der Waals surface area contributed by atoms with E-state index in [9.17, 15) is 24.0 Å². The lowest BCUT2D eigenvalue weighted by Gasteiger charge is -2.25. The normalized spacial score (nSPS) is 17.6. The molecule has 15 nitrogen and oxygen atoms in total. The van der Waals surface area contributed by atoms with Crippen LogP contribution in [0.15, 0.2) is 85.3 Å². The average molecular weight is 752 g/mol. The van der Waals surface area contributed by atoms with Crippen LogP contribution in [0.5, 0.6) is 23.0 Å². The minimum atomic E-state index is -1.02. The Hall–Kier alpha value is -6.51. The molecule has 2 aliphatic rings. The Morgan fingerprint density at radius 2 is 1.69 bits per heavy atom. The second-order valence-corrected chi connectivity index (χ2v) is 12.8. The van der Waals surface area contributed by atoms with Crippen LogP contribution in [-0.4, -0.2) is 90.3 Å². The van der Waals surface area contributed by atoms with Gasteiger partial charge in [-0.05, 0) is 68.5 Å². The lowest BCUT2D eigenvalue weighted by atomic mass is 10.0. The number of methoxy groups -OCH3 is 2. The van der Waals surface area contributed by atoms with Gasteiger partial charge in [-0.25, -0.2) is 4.98 Å². The van der Waals surface area contributed by atoms with Crippen molar-refractivity contribution >= 4 is 29.5 Å². The fourth-order valence-corrected chi connectivity index (χ4v) is 5.87. The number of ether oxygens (including phenoxy) is 3. The summed E-state index contributed by atoms with van der Waals surface area (Å²) in [7, 11) is 2.98. The van der Waals surface area contributed by atoms with Crippen molar-refractivity contribution < 1.29 is 38.2 Å². The van der Waals surface area contributed by atoms with E-state index in [1.54, 1.807) is 43.3 Å². The second kappa shape index (κ2) is 19.5. The molecule has 2 aliphatic heterocycles. The molecule has 288 valence electrons. The predicted octanol–water partition coefficient (Wildman–Crippen LogP) is 3.19. The van der Waals surface area contributed by atoms with Crippen molar-refractivity contribution in [3.05, 3.63) is 108 Å². The van der Waals surface area contributed by atoms with Gasteiger partial charge in [0.05, 0.1) is 27.0 Å². The Kier molecular flexibility index (Phi) is 14.1. The molecule has 6 rings (SSSR count). The standard InChI is InChI=1S/C40H45N7O8/c1-26-37(49)44-23-29-12-14-30(22-34(29)54-3)55-35-21-28(13-16-33(35)53-2)38(50)43-17-7-8-20-47(40(52)32-24-41-18-19-42-32)25-36(48)46-31(39(51)45-26)15-11-27-9-5-4-6-10-27/h4-6,9-10,12-14,16,18-19,21-22,24,26,31H,7-8,11,15,17,20,23,25H2,1-3H3,(H,43,50)(H,44,49)(H,45,51)(H,46,48)/t26-,31-/m0/s1. The van der Waals surface area contributed by atoms with E-state index in [1.165, 1.54) is 37.7 Å². The Bertz CT molecular complexity index is 1960. The number of aromatic nitrogens is 2. The van der Waals surface area contributed by atoms with Gasteiger partial charge in [0, 0.05) is 49.2 Å². The van der Waals surface area contributed by atoms with E-state index in [1.807, 2.05) is 30.3 Å². The largest absolute Gasteiger partial charge is 0.496 e. The quantitative estimate of drug-likeness (QED) is 0.213. The highest BCUT2D eigenvalue weighted by Gasteiger charge is 2.27. The first-order valence-corrected chi connectivity index (χ1v) is 17.9. The summed E-state index contributed by atoms with van der Waals surface area (Å²) in [6.45, 7) is 1.69. The third-order valence-electron chi connectivity index (χ3n) is 8.88. The van der Waals surface area contributed by atoms with Gasteiger partial charge >= 0.3 is 0 Å². The number of amides is 5. The molecule has 0 aliphatic carbocycles. The molecule has 0 unspecified atom stereocenters. The summed E-state index contributed by atoms with van der Waals surface area (Å²) in [6, 6.07) is 17.4. The number of benzene rings is 3. The van der Waals surface area contributed by atoms with Crippen LogP contribution in [0.2, 0.25) is 0 Å². The van der Waals surface area contributed by atoms with Crippen LogP contribution in [0.25, 0.3) is 0 Å². The summed E-state index contributed by atoms with van der Waals surface area (Å²) in [5, 5.41) is 11.2. The number of fused-ring (bicyclic) bond motifs is 18. The van der Waals surface area contributed by atoms with E-state index < -0.39 is 35.7 Å². The zero-order valence-corrected chi connectivity index (χ0v) is 31.0. The summed E-state index contributed by atoms with van der Waals surface area (Å²) < 4.78 is 17.2. The number of nitrogens with zero attached hydrogens (tertiary/aromatic N) is 3.